The van der Waals surface area contributed by atoms with Crippen LogP contribution in [0.5, 0.6) is 5.75 Å². The van der Waals surface area contributed by atoms with Crippen molar-refractivity contribution in [1.29, 1.82) is 0 Å². The molecule has 0 aliphatic heterocycles. The first-order valence-electron chi connectivity index (χ1n) is 5.01. The van der Waals surface area contributed by atoms with E-state index in [9.17, 15) is 4.39 Å². The fourth-order valence-electron chi connectivity index (χ4n) is 1.54. The topological polar surface area (TPSA) is 27.1 Å². The first-order chi connectivity index (χ1) is 7.70. The quantitative estimate of drug-likeness (QED) is 0.794. The van der Waals surface area contributed by atoms with Crippen molar-refractivity contribution >= 4 is 0 Å². The van der Waals surface area contributed by atoms with Crippen molar-refractivity contribution in [2.45, 2.75) is 13.5 Å². The number of aryl methyl sites for hydroxylation is 1. The summed E-state index contributed by atoms with van der Waals surface area (Å²) in [5, 5.41) is 0. The van der Waals surface area contributed by atoms with Gasteiger partial charge in [0.15, 0.2) is 0 Å². The SMILES string of the molecule is COc1ccc(Cn2ccnc2C)c(F)c1. The predicted molar refractivity (Wildman–Crippen MR) is 59.0 cm³/mol. The Labute approximate surface area is 93.5 Å². The lowest BCUT2D eigenvalue weighted by Crippen LogP contribution is -2.03. The first kappa shape index (κ1) is 10.7. The minimum atomic E-state index is -0.257. The normalized spacial score (nSPS) is 10.4. The van der Waals surface area contributed by atoms with E-state index in [1.54, 1.807) is 18.3 Å². The molecule has 1 heterocycles. The molecule has 16 heavy (non-hydrogen) atoms. The lowest BCUT2D eigenvalue weighted by molar-refractivity contribution is 0.410. The van der Waals surface area contributed by atoms with Crippen molar-refractivity contribution in [3.05, 3.63) is 47.8 Å². The second kappa shape index (κ2) is 4.35. The van der Waals surface area contributed by atoms with E-state index < -0.39 is 0 Å². The van der Waals surface area contributed by atoms with Crippen LogP contribution in [-0.2, 0) is 6.54 Å². The summed E-state index contributed by atoms with van der Waals surface area (Å²) in [5.74, 6) is 1.14. The Kier molecular flexibility index (Phi) is 2.90. The monoisotopic (exact) mass is 220 g/mol. The van der Waals surface area contributed by atoms with Crippen LogP contribution in [-0.4, -0.2) is 16.7 Å². The molecule has 0 bridgehead atoms. The fraction of sp³-hybridized carbons (Fsp3) is 0.250. The molecule has 84 valence electrons. The van der Waals surface area contributed by atoms with Gasteiger partial charge in [-0.1, -0.05) is 6.07 Å². The maximum atomic E-state index is 13.6. The fourth-order valence-corrected chi connectivity index (χ4v) is 1.54. The summed E-state index contributed by atoms with van der Waals surface area (Å²) in [4.78, 5) is 4.09. The number of halogens is 1. The number of rotatable bonds is 3. The Hall–Kier alpha value is -1.84. The molecule has 0 unspecified atom stereocenters. The molecule has 2 rings (SSSR count). The lowest BCUT2D eigenvalue weighted by atomic mass is 10.2. The van der Waals surface area contributed by atoms with Gasteiger partial charge in [0.05, 0.1) is 13.7 Å². The van der Waals surface area contributed by atoms with Gasteiger partial charge in [0.25, 0.3) is 0 Å². The van der Waals surface area contributed by atoms with Crippen molar-refractivity contribution in [3.8, 4) is 5.75 Å². The molecular weight excluding hydrogens is 207 g/mol. The first-order valence-corrected chi connectivity index (χ1v) is 5.01. The second-order valence-electron chi connectivity index (χ2n) is 3.56. The standard InChI is InChI=1S/C12H13FN2O/c1-9-14-5-6-15(9)8-10-3-4-11(16-2)7-12(10)13/h3-7H,8H2,1-2H3. The second-order valence-corrected chi connectivity index (χ2v) is 3.56. The van der Waals surface area contributed by atoms with Crippen LogP contribution in [0.3, 0.4) is 0 Å². The average Bonchev–Trinajstić information content (AvgIpc) is 2.67. The van der Waals surface area contributed by atoms with Gasteiger partial charge in [-0.25, -0.2) is 9.37 Å². The van der Waals surface area contributed by atoms with Gasteiger partial charge in [0.2, 0.25) is 0 Å². The van der Waals surface area contributed by atoms with E-state index in [2.05, 4.69) is 4.98 Å². The van der Waals surface area contributed by atoms with Crippen LogP contribution in [0.15, 0.2) is 30.6 Å². The summed E-state index contributed by atoms with van der Waals surface area (Å²) in [5.41, 5.74) is 0.627. The van der Waals surface area contributed by atoms with Crippen molar-refractivity contribution in [3.63, 3.8) is 0 Å². The van der Waals surface area contributed by atoms with Crippen LogP contribution >= 0.6 is 0 Å². The zero-order valence-electron chi connectivity index (χ0n) is 9.27. The van der Waals surface area contributed by atoms with Crippen molar-refractivity contribution in [2.24, 2.45) is 0 Å². The highest BCUT2D eigenvalue weighted by Gasteiger charge is 2.05. The molecule has 0 spiro atoms. The third-order valence-corrected chi connectivity index (χ3v) is 2.52. The van der Waals surface area contributed by atoms with Crippen LogP contribution in [0.2, 0.25) is 0 Å². The minimum Gasteiger partial charge on any atom is -0.497 e. The Morgan fingerprint density at radius 2 is 2.25 bits per heavy atom. The smallest absolute Gasteiger partial charge is 0.131 e. The average molecular weight is 220 g/mol. The molecular formula is C12H13FN2O. The Morgan fingerprint density at radius 3 is 2.81 bits per heavy atom. The number of hydrogen-bond acceptors (Lipinski definition) is 2. The molecule has 3 nitrogen and oxygen atoms in total. The summed E-state index contributed by atoms with van der Waals surface area (Å²) >= 11 is 0. The van der Waals surface area contributed by atoms with E-state index in [1.165, 1.54) is 13.2 Å². The van der Waals surface area contributed by atoms with Gasteiger partial charge in [-0.05, 0) is 13.0 Å². The van der Waals surface area contributed by atoms with E-state index in [4.69, 9.17) is 4.74 Å². The zero-order chi connectivity index (χ0) is 11.5. The molecule has 0 aliphatic carbocycles. The van der Waals surface area contributed by atoms with Crippen LogP contribution in [0.25, 0.3) is 0 Å². The highest BCUT2D eigenvalue weighted by Crippen LogP contribution is 2.17. The third-order valence-electron chi connectivity index (χ3n) is 2.52. The highest BCUT2D eigenvalue weighted by molar-refractivity contribution is 5.29. The summed E-state index contributed by atoms with van der Waals surface area (Å²) in [6, 6.07) is 4.87. The van der Waals surface area contributed by atoms with Crippen molar-refractivity contribution in [2.75, 3.05) is 7.11 Å². The number of ether oxygens (including phenoxy) is 1. The molecule has 0 N–H and O–H groups in total. The molecule has 0 saturated carbocycles. The van der Waals surface area contributed by atoms with Gasteiger partial charge < -0.3 is 9.30 Å². The summed E-state index contributed by atoms with van der Waals surface area (Å²) in [7, 11) is 1.52. The van der Waals surface area contributed by atoms with Gasteiger partial charge in [-0.3, -0.25) is 0 Å². The zero-order valence-corrected chi connectivity index (χ0v) is 9.27. The Bertz CT molecular complexity index is 494. The largest absolute Gasteiger partial charge is 0.497 e. The van der Waals surface area contributed by atoms with Gasteiger partial charge >= 0.3 is 0 Å². The van der Waals surface area contributed by atoms with Gasteiger partial charge in [-0.15, -0.1) is 0 Å². The molecule has 4 heteroatoms. The molecule has 1 aromatic heterocycles. The van der Waals surface area contributed by atoms with Crippen LogP contribution in [0.4, 0.5) is 4.39 Å². The van der Waals surface area contributed by atoms with Crippen LogP contribution < -0.4 is 4.74 Å². The molecule has 0 fully saturated rings. The molecule has 2 aromatic rings. The van der Waals surface area contributed by atoms with E-state index in [0.29, 0.717) is 17.9 Å². The van der Waals surface area contributed by atoms with Crippen molar-refractivity contribution in [1.82, 2.24) is 9.55 Å². The van der Waals surface area contributed by atoms with E-state index >= 15 is 0 Å². The number of nitrogens with zero attached hydrogens (tertiary/aromatic N) is 2. The van der Waals surface area contributed by atoms with Crippen LogP contribution in [0.1, 0.15) is 11.4 Å². The lowest BCUT2D eigenvalue weighted by Gasteiger charge is -2.07. The molecule has 1 aromatic carbocycles. The molecule has 0 atom stereocenters. The number of methoxy groups -OCH3 is 1. The number of hydrogen-bond donors (Lipinski definition) is 0. The molecule has 0 amide bonds. The summed E-state index contributed by atoms with van der Waals surface area (Å²) in [6.07, 6.45) is 3.54. The third kappa shape index (κ3) is 2.05. The highest BCUT2D eigenvalue weighted by atomic mass is 19.1. The number of imidazole rings is 1. The number of benzene rings is 1. The maximum absolute atomic E-state index is 13.6. The van der Waals surface area contributed by atoms with E-state index in [1.807, 2.05) is 17.7 Å². The molecule has 0 aliphatic rings. The van der Waals surface area contributed by atoms with Crippen LogP contribution in [0, 0.1) is 12.7 Å². The van der Waals surface area contributed by atoms with E-state index in [-0.39, 0.29) is 5.82 Å². The van der Waals surface area contributed by atoms with Gasteiger partial charge in [0, 0.05) is 24.0 Å². The minimum absolute atomic E-state index is 0.257. The maximum Gasteiger partial charge on any atom is 0.131 e. The number of aromatic nitrogens is 2. The van der Waals surface area contributed by atoms with E-state index in [0.717, 1.165) is 5.82 Å². The van der Waals surface area contributed by atoms with Gasteiger partial charge in [0.1, 0.15) is 17.4 Å². The molecule has 0 saturated heterocycles. The molecule has 0 radical (unpaired) electrons. The summed E-state index contributed by atoms with van der Waals surface area (Å²) < 4.78 is 20.5. The Morgan fingerprint density at radius 1 is 1.44 bits per heavy atom. The summed E-state index contributed by atoms with van der Waals surface area (Å²) in [6.45, 7) is 2.38. The van der Waals surface area contributed by atoms with Crippen molar-refractivity contribution < 1.29 is 9.13 Å². The predicted octanol–water partition coefficient (Wildman–Crippen LogP) is 2.39. The van der Waals surface area contributed by atoms with Gasteiger partial charge in [-0.2, -0.15) is 0 Å². The Balaban J connectivity index is 2.25.